The molecule has 0 fully saturated rings. The SMILES string of the molecule is CCCNc1nc(C(C)(C)C)ncc1I. The summed E-state index contributed by atoms with van der Waals surface area (Å²) in [5.41, 5.74) is 0.00693. The van der Waals surface area contributed by atoms with Gasteiger partial charge in [0.2, 0.25) is 0 Å². The van der Waals surface area contributed by atoms with Crippen LogP contribution >= 0.6 is 22.6 Å². The summed E-state index contributed by atoms with van der Waals surface area (Å²) in [6, 6.07) is 0. The van der Waals surface area contributed by atoms with Crippen molar-refractivity contribution in [3.63, 3.8) is 0 Å². The van der Waals surface area contributed by atoms with Gasteiger partial charge in [-0.3, -0.25) is 0 Å². The number of rotatable bonds is 3. The monoisotopic (exact) mass is 319 g/mol. The topological polar surface area (TPSA) is 37.8 Å². The highest BCUT2D eigenvalue weighted by Gasteiger charge is 2.18. The second-order valence-electron chi connectivity index (χ2n) is 4.57. The van der Waals surface area contributed by atoms with Crippen molar-refractivity contribution in [2.45, 2.75) is 39.5 Å². The molecule has 1 N–H and O–H groups in total. The van der Waals surface area contributed by atoms with Gasteiger partial charge in [-0.25, -0.2) is 9.97 Å². The Bertz CT molecular complexity index is 331. The largest absolute Gasteiger partial charge is 0.369 e. The standard InChI is InChI=1S/C11H18IN3/c1-5-6-13-9-8(12)7-14-10(15-9)11(2,3)4/h7H,5-6H2,1-4H3,(H,13,14,15). The second-order valence-corrected chi connectivity index (χ2v) is 5.73. The van der Waals surface area contributed by atoms with E-state index in [0.29, 0.717) is 0 Å². The van der Waals surface area contributed by atoms with E-state index < -0.39 is 0 Å². The molecule has 0 saturated carbocycles. The van der Waals surface area contributed by atoms with Crippen molar-refractivity contribution in [3.8, 4) is 0 Å². The molecule has 0 aliphatic carbocycles. The maximum Gasteiger partial charge on any atom is 0.143 e. The van der Waals surface area contributed by atoms with E-state index in [9.17, 15) is 0 Å². The van der Waals surface area contributed by atoms with Crippen LogP contribution in [0.1, 0.15) is 39.9 Å². The summed E-state index contributed by atoms with van der Waals surface area (Å²) >= 11 is 2.26. The quantitative estimate of drug-likeness (QED) is 0.870. The molecule has 1 aromatic heterocycles. The minimum Gasteiger partial charge on any atom is -0.369 e. The summed E-state index contributed by atoms with van der Waals surface area (Å²) in [5.74, 6) is 1.85. The first-order valence-corrected chi connectivity index (χ1v) is 6.30. The molecule has 0 aromatic carbocycles. The lowest BCUT2D eigenvalue weighted by Gasteiger charge is -2.17. The predicted octanol–water partition coefficient (Wildman–Crippen LogP) is 3.20. The van der Waals surface area contributed by atoms with E-state index in [1.165, 1.54) is 0 Å². The molecule has 1 aromatic rings. The molecule has 84 valence electrons. The lowest BCUT2D eigenvalue weighted by Crippen LogP contribution is -2.18. The smallest absolute Gasteiger partial charge is 0.143 e. The molecule has 0 aliphatic rings. The number of anilines is 1. The van der Waals surface area contributed by atoms with Crippen LogP contribution in [0.5, 0.6) is 0 Å². The summed E-state index contributed by atoms with van der Waals surface area (Å²) in [7, 11) is 0. The first-order valence-electron chi connectivity index (χ1n) is 5.22. The lowest BCUT2D eigenvalue weighted by atomic mass is 9.96. The highest BCUT2D eigenvalue weighted by molar-refractivity contribution is 14.1. The van der Waals surface area contributed by atoms with Gasteiger partial charge in [-0.15, -0.1) is 0 Å². The molecule has 0 unspecified atom stereocenters. The van der Waals surface area contributed by atoms with Crippen molar-refractivity contribution in [3.05, 3.63) is 15.6 Å². The molecule has 0 aliphatic heterocycles. The molecular weight excluding hydrogens is 301 g/mol. The van der Waals surface area contributed by atoms with Crippen LogP contribution in [0, 0.1) is 3.57 Å². The van der Waals surface area contributed by atoms with Crippen molar-refractivity contribution in [1.29, 1.82) is 0 Å². The molecule has 0 spiro atoms. The van der Waals surface area contributed by atoms with Crippen LogP contribution in [0.4, 0.5) is 5.82 Å². The van der Waals surface area contributed by atoms with Gasteiger partial charge in [-0.2, -0.15) is 0 Å². The predicted molar refractivity (Wildman–Crippen MR) is 72.2 cm³/mol. The summed E-state index contributed by atoms with van der Waals surface area (Å²) in [6.45, 7) is 9.47. The van der Waals surface area contributed by atoms with Gasteiger partial charge in [0.1, 0.15) is 11.6 Å². The lowest BCUT2D eigenvalue weighted by molar-refractivity contribution is 0.545. The first-order chi connectivity index (χ1) is 6.95. The third kappa shape index (κ3) is 3.59. The normalized spacial score (nSPS) is 11.5. The molecular formula is C11H18IN3. The Morgan fingerprint density at radius 2 is 2.07 bits per heavy atom. The third-order valence-corrected chi connectivity index (χ3v) is 2.75. The van der Waals surface area contributed by atoms with Crippen LogP contribution < -0.4 is 5.32 Å². The van der Waals surface area contributed by atoms with Crippen molar-refractivity contribution < 1.29 is 0 Å². The molecule has 1 heterocycles. The molecule has 0 radical (unpaired) electrons. The highest BCUT2D eigenvalue weighted by atomic mass is 127. The van der Waals surface area contributed by atoms with Gasteiger partial charge in [-0.05, 0) is 29.0 Å². The van der Waals surface area contributed by atoms with Crippen LogP contribution in [0.3, 0.4) is 0 Å². The zero-order chi connectivity index (χ0) is 11.5. The number of nitrogens with zero attached hydrogens (tertiary/aromatic N) is 2. The summed E-state index contributed by atoms with van der Waals surface area (Å²) in [5, 5.41) is 3.32. The zero-order valence-corrected chi connectivity index (χ0v) is 11.9. The Kier molecular flexibility index (Phi) is 4.31. The number of hydrogen-bond acceptors (Lipinski definition) is 3. The molecule has 0 saturated heterocycles. The van der Waals surface area contributed by atoms with E-state index in [1.807, 2.05) is 6.20 Å². The van der Waals surface area contributed by atoms with E-state index in [2.05, 4.69) is 65.6 Å². The van der Waals surface area contributed by atoms with Crippen molar-refractivity contribution in [2.24, 2.45) is 0 Å². The van der Waals surface area contributed by atoms with E-state index in [1.54, 1.807) is 0 Å². The third-order valence-electron chi connectivity index (χ3n) is 1.96. The van der Waals surface area contributed by atoms with Crippen LogP contribution in [0.25, 0.3) is 0 Å². The molecule has 0 bridgehead atoms. The number of halogens is 1. The van der Waals surface area contributed by atoms with Crippen molar-refractivity contribution >= 4 is 28.4 Å². The molecule has 4 heteroatoms. The average Bonchev–Trinajstić information content (AvgIpc) is 2.15. The Morgan fingerprint density at radius 1 is 1.40 bits per heavy atom. The fourth-order valence-corrected chi connectivity index (χ4v) is 1.55. The summed E-state index contributed by atoms with van der Waals surface area (Å²) in [4.78, 5) is 8.91. The van der Waals surface area contributed by atoms with E-state index in [0.717, 1.165) is 28.2 Å². The second kappa shape index (κ2) is 5.09. The van der Waals surface area contributed by atoms with Gasteiger partial charge in [0.25, 0.3) is 0 Å². The Morgan fingerprint density at radius 3 is 2.60 bits per heavy atom. The van der Waals surface area contributed by atoms with Crippen molar-refractivity contribution in [1.82, 2.24) is 9.97 Å². The number of hydrogen-bond donors (Lipinski definition) is 1. The van der Waals surface area contributed by atoms with Gasteiger partial charge in [-0.1, -0.05) is 27.7 Å². The maximum absolute atomic E-state index is 4.55. The highest BCUT2D eigenvalue weighted by Crippen LogP contribution is 2.22. The summed E-state index contributed by atoms with van der Waals surface area (Å²) in [6.07, 6.45) is 2.98. The van der Waals surface area contributed by atoms with E-state index >= 15 is 0 Å². The first kappa shape index (κ1) is 12.7. The molecule has 0 atom stereocenters. The van der Waals surface area contributed by atoms with Crippen LogP contribution in [0.15, 0.2) is 6.20 Å². The fourth-order valence-electron chi connectivity index (χ4n) is 1.10. The van der Waals surface area contributed by atoms with Gasteiger partial charge in [0.15, 0.2) is 0 Å². The van der Waals surface area contributed by atoms with Gasteiger partial charge in [0.05, 0.1) is 3.57 Å². The van der Waals surface area contributed by atoms with Crippen molar-refractivity contribution in [2.75, 3.05) is 11.9 Å². The van der Waals surface area contributed by atoms with Gasteiger partial charge >= 0.3 is 0 Å². The van der Waals surface area contributed by atoms with Crippen LogP contribution in [-0.2, 0) is 5.41 Å². The average molecular weight is 319 g/mol. The summed E-state index contributed by atoms with van der Waals surface area (Å²) < 4.78 is 1.08. The van der Waals surface area contributed by atoms with Gasteiger partial charge in [0, 0.05) is 18.2 Å². The molecule has 0 amide bonds. The number of nitrogens with one attached hydrogen (secondary N) is 1. The molecule has 3 nitrogen and oxygen atoms in total. The van der Waals surface area contributed by atoms with Crippen LogP contribution in [-0.4, -0.2) is 16.5 Å². The van der Waals surface area contributed by atoms with E-state index in [-0.39, 0.29) is 5.41 Å². The Hall–Kier alpha value is -0.390. The minimum atomic E-state index is 0.00693. The minimum absolute atomic E-state index is 0.00693. The van der Waals surface area contributed by atoms with E-state index in [4.69, 9.17) is 0 Å². The number of aromatic nitrogens is 2. The fraction of sp³-hybridized carbons (Fsp3) is 0.636. The maximum atomic E-state index is 4.55. The Labute approximate surface area is 105 Å². The van der Waals surface area contributed by atoms with Crippen LogP contribution in [0.2, 0.25) is 0 Å². The molecule has 1 rings (SSSR count). The Balaban J connectivity index is 2.95. The zero-order valence-electron chi connectivity index (χ0n) is 9.76. The molecule has 15 heavy (non-hydrogen) atoms. The van der Waals surface area contributed by atoms with Gasteiger partial charge < -0.3 is 5.32 Å².